The Bertz CT molecular complexity index is 568. The van der Waals surface area contributed by atoms with Gasteiger partial charge in [-0.2, -0.15) is 26.3 Å². The molecule has 0 fully saturated rings. The van der Waals surface area contributed by atoms with Crippen molar-refractivity contribution in [1.29, 1.82) is 0 Å². The molecule has 2 nitrogen and oxygen atoms in total. The molecule has 2 aromatic heterocycles. The number of hydrogen-bond donors (Lipinski definition) is 0. The van der Waals surface area contributed by atoms with Crippen LogP contribution in [0.3, 0.4) is 0 Å². The molecule has 0 aliphatic rings. The minimum Gasteiger partial charge on any atom is -0.252 e. The molecule has 0 spiro atoms. The molecule has 2 heterocycles. The first-order valence-corrected chi connectivity index (χ1v) is 5.65. The fourth-order valence-electron chi connectivity index (χ4n) is 1.11. The van der Waals surface area contributed by atoms with Crippen molar-refractivity contribution in [1.82, 2.24) is 9.97 Å². The monoisotopic (exact) mass is 328 g/mol. The summed E-state index contributed by atoms with van der Waals surface area (Å²) in [6.07, 6.45) is -6.53. The zero-order chi connectivity index (χ0) is 16.1. The van der Waals surface area contributed by atoms with E-state index in [4.69, 9.17) is 11.6 Å². The molecule has 0 saturated carbocycles. The third-order valence-electron chi connectivity index (χ3n) is 2.01. The lowest BCUT2D eigenvalue weighted by Crippen LogP contribution is -2.06. The van der Waals surface area contributed by atoms with Gasteiger partial charge in [-0.3, -0.25) is 4.98 Å². The second-order valence-corrected chi connectivity index (χ2v) is 3.96. The van der Waals surface area contributed by atoms with Crippen LogP contribution in [0.2, 0.25) is 5.15 Å². The van der Waals surface area contributed by atoms with E-state index in [2.05, 4.69) is 9.97 Å². The van der Waals surface area contributed by atoms with Gasteiger partial charge in [-0.05, 0) is 24.3 Å². The Kier molecular flexibility index (Phi) is 5.54. The van der Waals surface area contributed by atoms with E-state index in [0.717, 1.165) is 30.6 Å². The lowest BCUT2D eigenvalue weighted by Gasteiger charge is -2.04. The first kappa shape index (κ1) is 17.2. The topological polar surface area (TPSA) is 25.8 Å². The van der Waals surface area contributed by atoms with Crippen molar-refractivity contribution in [2.24, 2.45) is 0 Å². The number of rotatable bonds is 0. The molecule has 114 valence electrons. The molecule has 0 unspecified atom stereocenters. The standard InChI is InChI=1S/C6H3ClF3N.C6H4F3N/c7-5-3-4(1-2-11-5)6(8,9)10;7-6(8,9)5-3-1-2-4-10-5/h1-3H;1-4H. The molecule has 2 rings (SSSR count). The molecule has 0 amide bonds. The summed E-state index contributed by atoms with van der Waals surface area (Å²) in [5, 5.41) is -0.153. The summed E-state index contributed by atoms with van der Waals surface area (Å²) in [6.45, 7) is 0. The lowest BCUT2D eigenvalue weighted by molar-refractivity contribution is -0.141. The van der Waals surface area contributed by atoms with Crippen LogP contribution in [-0.4, -0.2) is 9.97 Å². The maximum absolute atomic E-state index is 11.9. The first-order valence-electron chi connectivity index (χ1n) is 5.27. The van der Waals surface area contributed by atoms with Gasteiger partial charge >= 0.3 is 12.4 Å². The van der Waals surface area contributed by atoms with Crippen molar-refractivity contribution >= 4 is 11.6 Å². The predicted octanol–water partition coefficient (Wildman–Crippen LogP) is 4.85. The van der Waals surface area contributed by atoms with Crippen molar-refractivity contribution in [2.75, 3.05) is 0 Å². The number of pyridine rings is 2. The van der Waals surface area contributed by atoms with Crippen molar-refractivity contribution in [2.45, 2.75) is 12.4 Å². The lowest BCUT2D eigenvalue weighted by atomic mass is 10.3. The van der Waals surface area contributed by atoms with Gasteiger partial charge in [0.25, 0.3) is 0 Å². The smallest absolute Gasteiger partial charge is 0.252 e. The van der Waals surface area contributed by atoms with Gasteiger partial charge in [0.2, 0.25) is 0 Å². The van der Waals surface area contributed by atoms with Crippen LogP contribution in [0.1, 0.15) is 11.3 Å². The molecule has 0 bridgehead atoms. The molecule has 0 aliphatic carbocycles. The highest BCUT2D eigenvalue weighted by Gasteiger charge is 2.31. The van der Waals surface area contributed by atoms with Crippen LogP contribution in [0.15, 0.2) is 42.7 Å². The SMILES string of the molecule is FC(F)(F)c1ccccn1.FC(F)(F)c1ccnc(Cl)c1. The van der Waals surface area contributed by atoms with Crippen LogP contribution in [0.4, 0.5) is 26.3 Å². The Balaban J connectivity index is 0.000000211. The zero-order valence-corrected chi connectivity index (χ0v) is 10.8. The van der Waals surface area contributed by atoms with E-state index in [1.54, 1.807) is 0 Å². The quantitative estimate of drug-likeness (QED) is 0.510. The van der Waals surface area contributed by atoms with Crippen molar-refractivity contribution < 1.29 is 26.3 Å². The van der Waals surface area contributed by atoms with Gasteiger partial charge in [-0.1, -0.05) is 17.7 Å². The summed E-state index contributed by atoms with van der Waals surface area (Å²) < 4.78 is 70.8. The van der Waals surface area contributed by atoms with Gasteiger partial charge in [-0.15, -0.1) is 0 Å². The summed E-state index contributed by atoms with van der Waals surface area (Å²) in [7, 11) is 0. The third-order valence-corrected chi connectivity index (χ3v) is 2.22. The maximum atomic E-state index is 11.9. The molecule has 0 aromatic carbocycles. The highest BCUT2D eigenvalue weighted by atomic mass is 35.5. The van der Waals surface area contributed by atoms with Gasteiger partial charge in [0.05, 0.1) is 5.56 Å². The van der Waals surface area contributed by atoms with E-state index < -0.39 is 23.6 Å². The minimum absolute atomic E-state index is 0.153. The second kappa shape index (κ2) is 6.75. The highest BCUT2D eigenvalue weighted by molar-refractivity contribution is 6.29. The summed E-state index contributed by atoms with van der Waals surface area (Å²) in [5.41, 5.74) is -1.63. The van der Waals surface area contributed by atoms with E-state index in [-0.39, 0.29) is 5.15 Å². The van der Waals surface area contributed by atoms with Gasteiger partial charge in [0, 0.05) is 12.4 Å². The van der Waals surface area contributed by atoms with E-state index in [9.17, 15) is 26.3 Å². The number of hydrogen-bond acceptors (Lipinski definition) is 2. The third kappa shape index (κ3) is 5.99. The number of aromatic nitrogens is 2. The Morgan fingerprint density at radius 3 is 1.81 bits per heavy atom. The van der Waals surface area contributed by atoms with Crippen LogP contribution in [0, 0.1) is 0 Å². The van der Waals surface area contributed by atoms with Crippen LogP contribution >= 0.6 is 11.6 Å². The van der Waals surface area contributed by atoms with E-state index in [1.807, 2.05) is 0 Å². The van der Waals surface area contributed by atoms with Crippen molar-refractivity contribution in [3.8, 4) is 0 Å². The predicted molar refractivity (Wildman–Crippen MR) is 63.5 cm³/mol. The maximum Gasteiger partial charge on any atom is 0.433 e. The fourth-order valence-corrected chi connectivity index (χ4v) is 1.28. The minimum atomic E-state index is -4.34. The molecule has 0 atom stereocenters. The molecule has 21 heavy (non-hydrogen) atoms. The zero-order valence-electron chi connectivity index (χ0n) is 10.1. The first-order chi connectivity index (χ1) is 9.60. The molecule has 2 aromatic rings. The Morgan fingerprint density at radius 1 is 0.810 bits per heavy atom. The summed E-state index contributed by atoms with van der Waals surface area (Å²) in [4.78, 5) is 6.54. The average molecular weight is 329 g/mol. The molecule has 0 aliphatic heterocycles. The van der Waals surface area contributed by atoms with Gasteiger partial charge in [0.15, 0.2) is 0 Å². The molecule has 0 N–H and O–H groups in total. The van der Waals surface area contributed by atoms with E-state index in [1.165, 1.54) is 12.1 Å². The number of halogens is 7. The average Bonchev–Trinajstić information content (AvgIpc) is 2.38. The Labute approximate surface area is 120 Å². The van der Waals surface area contributed by atoms with Crippen LogP contribution in [0.25, 0.3) is 0 Å². The second-order valence-electron chi connectivity index (χ2n) is 3.58. The highest BCUT2D eigenvalue weighted by Crippen LogP contribution is 2.29. The van der Waals surface area contributed by atoms with Crippen LogP contribution < -0.4 is 0 Å². The molecular weight excluding hydrogens is 322 g/mol. The largest absolute Gasteiger partial charge is 0.433 e. The van der Waals surface area contributed by atoms with Crippen molar-refractivity contribution in [3.05, 3.63) is 59.1 Å². The van der Waals surface area contributed by atoms with E-state index in [0.29, 0.717) is 0 Å². The molecule has 0 radical (unpaired) electrons. The molecule has 9 heteroatoms. The molecule has 0 saturated heterocycles. The normalized spacial score (nSPS) is 11.6. The van der Waals surface area contributed by atoms with Crippen LogP contribution in [-0.2, 0) is 12.4 Å². The Morgan fingerprint density at radius 2 is 1.48 bits per heavy atom. The van der Waals surface area contributed by atoms with Gasteiger partial charge in [-0.25, -0.2) is 4.98 Å². The van der Waals surface area contributed by atoms with Gasteiger partial charge in [0.1, 0.15) is 10.8 Å². The summed E-state index contributed by atoms with van der Waals surface area (Å²) in [5.74, 6) is 0. The van der Waals surface area contributed by atoms with Crippen molar-refractivity contribution in [3.63, 3.8) is 0 Å². The van der Waals surface area contributed by atoms with E-state index >= 15 is 0 Å². The van der Waals surface area contributed by atoms with Gasteiger partial charge < -0.3 is 0 Å². The molecular formula is C12H7ClF6N2. The Hall–Kier alpha value is -1.83. The summed E-state index contributed by atoms with van der Waals surface area (Å²) in [6, 6.07) is 5.32. The summed E-state index contributed by atoms with van der Waals surface area (Å²) >= 11 is 5.24. The number of nitrogens with zero attached hydrogens (tertiary/aromatic N) is 2. The fraction of sp³-hybridized carbons (Fsp3) is 0.167. The van der Waals surface area contributed by atoms with Crippen LogP contribution in [0.5, 0.6) is 0 Å². The number of alkyl halides is 6.